The highest BCUT2D eigenvalue weighted by atomic mass is 16.3. The zero-order chi connectivity index (χ0) is 17.4. The van der Waals surface area contributed by atoms with Crippen LogP contribution in [0.5, 0.6) is 0 Å². The van der Waals surface area contributed by atoms with Crippen LogP contribution in [-0.2, 0) is 0 Å². The average Bonchev–Trinajstić information content (AvgIpc) is 3.24. The van der Waals surface area contributed by atoms with Gasteiger partial charge in [-0.05, 0) is 30.3 Å². The molecule has 0 aliphatic rings. The van der Waals surface area contributed by atoms with Crippen LogP contribution in [0, 0.1) is 0 Å². The first kappa shape index (κ1) is 15.3. The second kappa shape index (κ2) is 6.03. The van der Waals surface area contributed by atoms with Crippen molar-refractivity contribution >= 4 is 27.8 Å². The molecule has 0 bridgehead atoms. The highest BCUT2D eigenvalue weighted by molar-refractivity contribution is 6.00. The zero-order valence-corrected chi connectivity index (χ0v) is 13.7. The van der Waals surface area contributed by atoms with Gasteiger partial charge in [0.25, 0.3) is 5.91 Å². The number of hydrogen-bond donors (Lipinski definition) is 3. The Labute approximate surface area is 143 Å². The Morgan fingerprint density at radius 2 is 2.04 bits per heavy atom. The largest absolute Gasteiger partial charge is 0.395 e. The Kier molecular flexibility index (Phi) is 3.70. The monoisotopic (exact) mass is 335 g/mol. The van der Waals surface area contributed by atoms with Gasteiger partial charge in [-0.3, -0.25) is 9.89 Å². The smallest absolute Gasteiger partial charge is 0.253 e. The van der Waals surface area contributed by atoms with Crippen molar-refractivity contribution in [3.05, 3.63) is 48.0 Å². The van der Waals surface area contributed by atoms with Gasteiger partial charge < -0.3 is 15.0 Å². The van der Waals surface area contributed by atoms with Crippen molar-refractivity contribution < 1.29 is 9.90 Å². The van der Waals surface area contributed by atoms with E-state index in [0.29, 0.717) is 23.6 Å². The van der Waals surface area contributed by atoms with E-state index in [1.165, 1.54) is 4.90 Å². The van der Waals surface area contributed by atoms with E-state index in [-0.39, 0.29) is 12.5 Å². The molecule has 0 aliphatic carbocycles. The minimum atomic E-state index is -0.143. The number of para-hydroxylation sites is 2. The lowest BCUT2D eigenvalue weighted by Crippen LogP contribution is -2.29. The molecule has 4 aromatic rings. The molecule has 2 aromatic heterocycles. The number of amides is 1. The molecule has 126 valence electrons. The van der Waals surface area contributed by atoms with E-state index in [0.717, 1.165) is 21.9 Å². The van der Waals surface area contributed by atoms with Crippen molar-refractivity contribution in [2.24, 2.45) is 0 Å². The maximum Gasteiger partial charge on any atom is 0.253 e. The third-order valence-corrected chi connectivity index (χ3v) is 4.21. The fraction of sp³-hybridized carbons (Fsp3) is 0.167. The lowest BCUT2D eigenvalue weighted by molar-refractivity contribution is 0.0767. The summed E-state index contributed by atoms with van der Waals surface area (Å²) in [5.74, 6) is 0.541. The van der Waals surface area contributed by atoms with Crippen molar-refractivity contribution in [2.75, 3.05) is 20.2 Å². The molecule has 7 heteroatoms. The van der Waals surface area contributed by atoms with Crippen LogP contribution in [0.1, 0.15) is 10.4 Å². The Morgan fingerprint density at radius 3 is 2.84 bits per heavy atom. The Hall–Kier alpha value is -3.19. The number of benzene rings is 2. The molecule has 2 aromatic carbocycles. The van der Waals surface area contributed by atoms with Gasteiger partial charge in [0.15, 0.2) is 5.82 Å². The molecule has 25 heavy (non-hydrogen) atoms. The molecule has 1 amide bonds. The molecule has 0 radical (unpaired) electrons. The predicted octanol–water partition coefficient (Wildman–Crippen LogP) is 2.17. The zero-order valence-electron chi connectivity index (χ0n) is 13.7. The Bertz CT molecular complexity index is 1030. The number of fused-ring (bicyclic) bond motifs is 2. The van der Waals surface area contributed by atoms with E-state index < -0.39 is 0 Å². The lowest BCUT2D eigenvalue weighted by atomic mass is 10.1. The summed E-state index contributed by atoms with van der Waals surface area (Å²) in [6.07, 6.45) is 0. The molecular weight excluding hydrogens is 318 g/mol. The highest BCUT2D eigenvalue weighted by Crippen LogP contribution is 2.27. The number of aromatic nitrogens is 4. The number of nitrogens with one attached hydrogen (secondary N) is 2. The van der Waals surface area contributed by atoms with Gasteiger partial charge in [-0.15, -0.1) is 0 Å². The molecule has 7 nitrogen and oxygen atoms in total. The molecule has 0 atom stereocenters. The summed E-state index contributed by atoms with van der Waals surface area (Å²) < 4.78 is 0. The second-order valence-electron chi connectivity index (χ2n) is 5.89. The van der Waals surface area contributed by atoms with Crippen LogP contribution < -0.4 is 0 Å². The third kappa shape index (κ3) is 2.64. The van der Waals surface area contributed by atoms with Gasteiger partial charge in [0, 0.05) is 24.5 Å². The summed E-state index contributed by atoms with van der Waals surface area (Å²) in [4.78, 5) is 21.7. The van der Waals surface area contributed by atoms with Crippen LogP contribution in [0.3, 0.4) is 0 Å². The number of hydrogen-bond acceptors (Lipinski definition) is 4. The van der Waals surface area contributed by atoms with E-state index in [1.54, 1.807) is 19.2 Å². The van der Waals surface area contributed by atoms with Crippen LogP contribution in [0.4, 0.5) is 0 Å². The number of imidazole rings is 1. The lowest BCUT2D eigenvalue weighted by Gasteiger charge is -2.15. The number of carbonyl (C=O) groups is 1. The van der Waals surface area contributed by atoms with Gasteiger partial charge in [-0.25, -0.2) is 4.98 Å². The summed E-state index contributed by atoms with van der Waals surface area (Å²) in [5.41, 5.74) is 3.85. The van der Waals surface area contributed by atoms with E-state index in [1.807, 2.05) is 30.3 Å². The Morgan fingerprint density at radius 1 is 1.20 bits per heavy atom. The van der Waals surface area contributed by atoms with Gasteiger partial charge in [0.1, 0.15) is 5.69 Å². The van der Waals surface area contributed by atoms with Crippen molar-refractivity contribution in [1.82, 2.24) is 25.1 Å². The number of likely N-dealkylation sites (N-methyl/N-ethyl adjacent to an activating group) is 1. The maximum atomic E-state index is 12.3. The fourth-order valence-corrected chi connectivity index (χ4v) is 2.87. The van der Waals surface area contributed by atoms with Gasteiger partial charge in [-0.2, -0.15) is 5.10 Å². The fourth-order valence-electron chi connectivity index (χ4n) is 2.87. The van der Waals surface area contributed by atoms with E-state index in [4.69, 9.17) is 5.11 Å². The number of aliphatic hydroxyl groups excluding tert-OH is 1. The number of H-pyrrole nitrogens is 2. The van der Waals surface area contributed by atoms with E-state index >= 15 is 0 Å². The van der Waals surface area contributed by atoms with Gasteiger partial charge in [-0.1, -0.05) is 12.1 Å². The highest BCUT2D eigenvalue weighted by Gasteiger charge is 2.16. The first-order valence-electron chi connectivity index (χ1n) is 7.97. The number of carbonyl (C=O) groups excluding carboxylic acids is 1. The van der Waals surface area contributed by atoms with E-state index in [2.05, 4.69) is 20.2 Å². The molecule has 0 saturated carbocycles. The number of nitrogens with zero attached hydrogens (tertiary/aromatic N) is 3. The molecule has 0 saturated heterocycles. The van der Waals surface area contributed by atoms with Crippen LogP contribution in [-0.4, -0.2) is 56.3 Å². The summed E-state index contributed by atoms with van der Waals surface area (Å²) >= 11 is 0. The van der Waals surface area contributed by atoms with Crippen molar-refractivity contribution in [3.63, 3.8) is 0 Å². The molecule has 0 aliphatic heterocycles. The molecule has 4 rings (SSSR count). The van der Waals surface area contributed by atoms with Gasteiger partial charge >= 0.3 is 0 Å². The number of aliphatic hydroxyl groups is 1. The van der Waals surface area contributed by atoms with Crippen LogP contribution in [0.15, 0.2) is 42.5 Å². The van der Waals surface area contributed by atoms with Crippen molar-refractivity contribution in [2.45, 2.75) is 0 Å². The molecular formula is C18H17N5O2. The average molecular weight is 335 g/mol. The molecule has 0 spiro atoms. The third-order valence-electron chi connectivity index (χ3n) is 4.21. The summed E-state index contributed by atoms with van der Waals surface area (Å²) in [6, 6.07) is 13.2. The van der Waals surface area contributed by atoms with Crippen LogP contribution >= 0.6 is 0 Å². The topological polar surface area (TPSA) is 97.9 Å². The normalized spacial score (nSPS) is 11.3. The van der Waals surface area contributed by atoms with Crippen molar-refractivity contribution in [1.29, 1.82) is 0 Å². The predicted molar refractivity (Wildman–Crippen MR) is 95.2 cm³/mol. The Balaban J connectivity index is 1.74. The number of aromatic amines is 2. The quantitative estimate of drug-likeness (QED) is 0.532. The van der Waals surface area contributed by atoms with E-state index in [9.17, 15) is 4.79 Å². The summed E-state index contributed by atoms with van der Waals surface area (Å²) in [7, 11) is 1.66. The molecule has 2 heterocycles. The second-order valence-corrected chi connectivity index (χ2v) is 5.89. The summed E-state index contributed by atoms with van der Waals surface area (Å²) in [6.45, 7) is 0.231. The first-order chi connectivity index (χ1) is 12.2. The molecule has 0 unspecified atom stereocenters. The maximum absolute atomic E-state index is 12.3. The minimum absolute atomic E-state index is 0.0647. The van der Waals surface area contributed by atoms with Crippen LogP contribution in [0.2, 0.25) is 0 Å². The van der Waals surface area contributed by atoms with Crippen molar-refractivity contribution in [3.8, 4) is 11.5 Å². The van der Waals surface area contributed by atoms with Gasteiger partial charge in [0.2, 0.25) is 0 Å². The van der Waals surface area contributed by atoms with Crippen LogP contribution in [0.25, 0.3) is 33.5 Å². The molecule has 3 N–H and O–H groups in total. The first-order valence-corrected chi connectivity index (χ1v) is 7.97. The number of rotatable bonds is 4. The SMILES string of the molecule is CN(CCO)C(=O)c1ccc2c(-c3nc4ccccc4[nH]3)n[nH]c2c1. The standard InChI is InChI=1S/C18H17N5O2/c1-23(8-9-24)18(25)11-6-7-12-15(10-11)21-22-16(12)17-19-13-4-2-3-5-14(13)20-17/h2-7,10,24H,8-9H2,1H3,(H,19,20)(H,21,22). The van der Waals surface area contributed by atoms with Gasteiger partial charge in [0.05, 0.1) is 23.2 Å². The molecule has 0 fully saturated rings. The minimum Gasteiger partial charge on any atom is -0.395 e. The summed E-state index contributed by atoms with van der Waals surface area (Å²) in [5, 5.41) is 17.2.